The van der Waals surface area contributed by atoms with Crippen molar-refractivity contribution < 1.29 is 24.2 Å². The zero-order chi connectivity index (χ0) is 19.6. The maximum absolute atomic E-state index is 12.2. The zero-order valence-corrected chi connectivity index (χ0v) is 15.8. The van der Waals surface area contributed by atoms with Gasteiger partial charge in [-0.15, -0.1) is 0 Å². The third-order valence-corrected chi connectivity index (χ3v) is 4.01. The highest BCUT2D eigenvalue weighted by atomic mass is 35.5. The molecule has 0 aromatic heterocycles. The van der Waals surface area contributed by atoms with Crippen LogP contribution in [0.3, 0.4) is 0 Å². The monoisotopic (exact) mass is 391 g/mol. The Bertz CT molecular complexity index is 776. The number of carbonyl (C=O) groups is 2. The SMILES string of the molecule is CCOc1c(Cl)cccc1CC(=O)NCCc1ccc(OCC(=O)O)cc1. The molecule has 0 aliphatic heterocycles. The maximum Gasteiger partial charge on any atom is 0.341 e. The molecule has 0 bridgehead atoms. The van der Waals surface area contributed by atoms with Crippen molar-refractivity contribution >= 4 is 23.5 Å². The highest BCUT2D eigenvalue weighted by molar-refractivity contribution is 6.32. The molecule has 144 valence electrons. The second-order valence-electron chi connectivity index (χ2n) is 5.76. The van der Waals surface area contributed by atoms with E-state index in [2.05, 4.69) is 5.32 Å². The molecule has 0 fully saturated rings. The van der Waals surface area contributed by atoms with Crippen molar-refractivity contribution in [3.05, 3.63) is 58.6 Å². The van der Waals surface area contributed by atoms with Gasteiger partial charge in [-0.25, -0.2) is 4.79 Å². The van der Waals surface area contributed by atoms with E-state index in [4.69, 9.17) is 26.2 Å². The van der Waals surface area contributed by atoms with Crippen LogP contribution < -0.4 is 14.8 Å². The van der Waals surface area contributed by atoms with Crippen molar-refractivity contribution in [2.45, 2.75) is 19.8 Å². The fourth-order valence-corrected chi connectivity index (χ4v) is 2.73. The number of amides is 1. The van der Waals surface area contributed by atoms with Crippen molar-refractivity contribution in [3.63, 3.8) is 0 Å². The molecule has 6 nitrogen and oxygen atoms in total. The van der Waals surface area contributed by atoms with Gasteiger partial charge in [0.25, 0.3) is 0 Å². The number of para-hydroxylation sites is 1. The summed E-state index contributed by atoms with van der Waals surface area (Å²) in [6, 6.07) is 12.5. The van der Waals surface area contributed by atoms with Crippen LogP contribution in [-0.2, 0) is 22.4 Å². The number of carboxylic acids is 1. The van der Waals surface area contributed by atoms with Gasteiger partial charge in [-0.05, 0) is 37.1 Å². The van der Waals surface area contributed by atoms with E-state index in [-0.39, 0.29) is 18.9 Å². The number of ether oxygens (including phenoxy) is 2. The highest BCUT2D eigenvalue weighted by Gasteiger charge is 2.12. The predicted octanol–water partition coefficient (Wildman–Crippen LogP) is 3.10. The predicted molar refractivity (Wildman–Crippen MR) is 103 cm³/mol. The zero-order valence-electron chi connectivity index (χ0n) is 15.0. The molecule has 0 heterocycles. The number of carbonyl (C=O) groups excluding carboxylic acids is 1. The van der Waals surface area contributed by atoms with Crippen molar-refractivity contribution in [1.29, 1.82) is 0 Å². The van der Waals surface area contributed by atoms with E-state index in [1.165, 1.54) is 0 Å². The minimum atomic E-state index is -1.02. The largest absolute Gasteiger partial charge is 0.492 e. The number of rotatable bonds is 10. The molecule has 0 saturated heterocycles. The number of carboxylic acid groups (broad SMARTS) is 1. The summed E-state index contributed by atoms with van der Waals surface area (Å²) >= 11 is 6.13. The molecule has 2 rings (SSSR count). The summed E-state index contributed by atoms with van der Waals surface area (Å²) in [4.78, 5) is 22.7. The molecular formula is C20H22ClNO5. The van der Waals surface area contributed by atoms with Gasteiger partial charge in [-0.3, -0.25) is 4.79 Å². The van der Waals surface area contributed by atoms with Crippen LogP contribution in [0.1, 0.15) is 18.1 Å². The first-order valence-electron chi connectivity index (χ1n) is 8.60. The first-order valence-corrected chi connectivity index (χ1v) is 8.97. The van der Waals surface area contributed by atoms with Gasteiger partial charge in [0.2, 0.25) is 5.91 Å². The molecular weight excluding hydrogens is 370 g/mol. The molecule has 0 unspecified atom stereocenters. The van der Waals surface area contributed by atoms with Crippen LogP contribution in [0.25, 0.3) is 0 Å². The average molecular weight is 392 g/mol. The molecule has 2 aromatic carbocycles. The van der Waals surface area contributed by atoms with Crippen LogP contribution in [0, 0.1) is 0 Å². The summed E-state index contributed by atoms with van der Waals surface area (Å²) in [6.45, 7) is 2.46. The Labute approximate surface area is 163 Å². The Morgan fingerprint density at radius 2 is 1.85 bits per heavy atom. The summed E-state index contributed by atoms with van der Waals surface area (Å²) in [7, 11) is 0. The fourth-order valence-electron chi connectivity index (χ4n) is 2.48. The molecule has 1 amide bonds. The molecule has 0 spiro atoms. The number of hydrogen-bond donors (Lipinski definition) is 2. The topological polar surface area (TPSA) is 84.9 Å². The Morgan fingerprint density at radius 3 is 2.52 bits per heavy atom. The quantitative estimate of drug-likeness (QED) is 0.650. The fraction of sp³-hybridized carbons (Fsp3) is 0.300. The minimum Gasteiger partial charge on any atom is -0.492 e. The molecule has 0 radical (unpaired) electrons. The van der Waals surface area contributed by atoms with Crippen LogP contribution >= 0.6 is 11.6 Å². The normalized spacial score (nSPS) is 10.3. The summed E-state index contributed by atoms with van der Waals surface area (Å²) < 4.78 is 10.6. The second-order valence-corrected chi connectivity index (χ2v) is 6.17. The van der Waals surface area contributed by atoms with E-state index in [9.17, 15) is 9.59 Å². The number of aliphatic carboxylic acids is 1. The van der Waals surface area contributed by atoms with E-state index < -0.39 is 5.97 Å². The Balaban J connectivity index is 1.81. The van der Waals surface area contributed by atoms with Crippen LogP contribution in [0.2, 0.25) is 5.02 Å². The van der Waals surface area contributed by atoms with E-state index >= 15 is 0 Å². The molecule has 0 aliphatic rings. The first-order chi connectivity index (χ1) is 13.0. The summed E-state index contributed by atoms with van der Waals surface area (Å²) in [5.41, 5.74) is 1.76. The number of benzene rings is 2. The second kappa shape index (κ2) is 10.4. The van der Waals surface area contributed by atoms with Crippen molar-refractivity contribution in [3.8, 4) is 11.5 Å². The molecule has 7 heteroatoms. The number of nitrogens with one attached hydrogen (secondary N) is 1. The lowest BCUT2D eigenvalue weighted by atomic mass is 10.1. The van der Waals surface area contributed by atoms with Gasteiger partial charge >= 0.3 is 5.97 Å². The minimum absolute atomic E-state index is 0.111. The molecule has 0 aliphatic carbocycles. The van der Waals surface area contributed by atoms with Gasteiger partial charge in [0.05, 0.1) is 18.1 Å². The summed E-state index contributed by atoms with van der Waals surface area (Å²) in [6.07, 6.45) is 0.844. The third kappa shape index (κ3) is 6.83. The third-order valence-electron chi connectivity index (χ3n) is 3.71. The molecule has 27 heavy (non-hydrogen) atoms. The van der Waals surface area contributed by atoms with Crippen molar-refractivity contribution in [1.82, 2.24) is 5.32 Å². The highest BCUT2D eigenvalue weighted by Crippen LogP contribution is 2.29. The molecule has 0 atom stereocenters. The van der Waals surface area contributed by atoms with E-state index in [1.807, 2.05) is 25.1 Å². The van der Waals surface area contributed by atoms with Gasteiger partial charge in [0.15, 0.2) is 6.61 Å². The summed E-state index contributed by atoms with van der Waals surface area (Å²) in [5, 5.41) is 12.0. The van der Waals surface area contributed by atoms with Crippen LogP contribution in [0.5, 0.6) is 11.5 Å². The lowest BCUT2D eigenvalue weighted by Crippen LogP contribution is -2.27. The first kappa shape index (κ1) is 20.6. The summed E-state index contributed by atoms with van der Waals surface area (Å²) in [5.74, 6) is -0.0861. The Kier molecular flexibility index (Phi) is 7.95. The van der Waals surface area contributed by atoms with E-state index in [0.717, 1.165) is 11.1 Å². The van der Waals surface area contributed by atoms with Gasteiger partial charge in [-0.2, -0.15) is 0 Å². The van der Waals surface area contributed by atoms with Crippen molar-refractivity contribution in [2.24, 2.45) is 0 Å². The molecule has 2 N–H and O–H groups in total. The average Bonchev–Trinajstić information content (AvgIpc) is 2.64. The molecule has 2 aromatic rings. The van der Waals surface area contributed by atoms with Crippen molar-refractivity contribution in [2.75, 3.05) is 19.8 Å². The molecule has 0 saturated carbocycles. The number of hydrogen-bond acceptors (Lipinski definition) is 4. The van der Waals surface area contributed by atoms with Gasteiger partial charge in [0.1, 0.15) is 11.5 Å². The van der Waals surface area contributed by atoms with Crippen LogP contribution in [0.4, 0.5) is 0 Å². The van der Waals surface area contributed by atoms with E-state index in [0.29, 0.717) is 36.1 Å². The van der Waals surface area contributed by atoms with E-state index in [1.54, 1.807) is 24.3 Å². The van der Waals surface area contributed by atoms with Gasteiger partial charge in [0, 0.05) is 12.1 Å². The lowest BCUT2D eigenvalue weighted by molar-refractivity contribution is -0.139. The van der Waals surface area contributed by atoms with Gasteiger partial charge < -0.3 is 19.9 Å². The lowest BCUT2D eigenvalue weighted by Gasteiger charge is -2.12. The van der Waals surface area contributed by atoms with Crippen LogP contribution in [0.15, 0.2) is 42.5 Å². The Morgan fingerprint density at radius 1 is 1.11 bits per heavy atom. The number of halogens is 1. The Hall–Kier alpha value is -2.73. The smallest absolute Gasteiger partial charge is 0.341 e. The van der Waals surface area contributed by atoms with Gasteiger partial charge in [-0.1, -0.05) is 35.9 Å². The maximum atomic E-state index is 12.2. The standard InChI is InChI=1S/C20H22ClNO5/c1-2-26-20-15(4-3-5-17(20)21)12-18(23)22-11-10-14-6-8-16(9-7-14)27-13-19(24)25/h3-9H,2,10-13H2,1H3,(H,22,23)(H,24,25). The van der Waals surface area contributed by atoms with Crippen LogP contribution in [-0.4, -0.2) is 36.7 Å².